The second kappa shape index (κ2) is 18.2. The zero-order chi connectivity index (χ0) is 28.5. The number of hydrogen-bond donors (Lipinski definition) is 3. The average molecular weight is 565 g/mol. The number of hydrogen-bond acceptors (Lipinski definition) is 11. The molecule has 2 aromatic carbocycles. The summed E-state index contributed by atoms with van der Waals surface area (Å²) in [4.78, 5) is 26.4. The van der Waals surface area contributed by atoms with E-state index in [0.717, 1.165) is 31.7 Å². The van der Waals surface area contributed by atoms with Gasteiger partial charge in [-0.3, -0.25) is 19.8 Å². The molecule has 0 aliphatic carbocycles. The van der Waals surface area contributed by atoms with Gasteiger partial charge in [-0.25, -0.2) is 0 Å². The Morgan fingerprint density at radius 2 is 1.77 bits per heavy atom. The number of nitrogens with zero attached hydrogens (tertiary/aromatic N) is 5. The van der Waals surface area contributed by atoms with E-state index < -0.39 is 4.92 Å². The van der Waals surface area contributed by atoms with E-state index in [0.29, 0.717) is 37.6 Å². The van der Waals surface area contributed by atoms with Crippen molar-refractivity contribution < 1.29 is 24.7 Å². The van der Waals surface area contributed by atoms with E-state index in [1.165, 1.54) is 18.2 Å². The average Bonchev–Trinajstić information content (AvgIpc) is 2.93. The van der Waals surface area contributed by atoms with Crippen LogP contribution in [-0.2, 0) is 9.53 Å². The quantitative estimate of drug-likeness (QED) is 0.0762. The van der Waals surface area contributed by atoms with Gasteiger partial charge in [0.1, 0.15) is 12.3 Å². The largest absolute Gasteiger partial charge is 0.464 e. The first kappa shape index (κ1) is 32.1. The maximum Gasteiger partial charge on any atom is 0.307 e. The molecule has 0 aliphatic rings. The van der Waals surface area contributed by atoms with Gasteiger partial charge in [0.2, 0.25) is 0 Å². The van der Waals surface area contributed by atoms with Crippen LogP contribution in [-0.4, -0.2) is 91.6 Å². The highest BCUT2D eigenvalue weighted by molar-refractivity contribution is 6.33. The summed E-state index contributed by atoms with van der Waals surface area (Å²) in [6, 6.07) is 11.4. The number of nitro groups is 1. The van der Waals surface area contributed by atoms with Gasteiger partial charge in [0, 0.05) is 44.0 Å². The number of esters is 1. The summed E-state index contributed by atoms with van der Waals surface area (Å²) in [5.74, 6) is -0.263. The van der Waals surface area contributed by atoms with Crippen molar-refractivity contribution in [2.45, 2.75) is 19.8 Å². The van der Waals surface area contributed by atoms with Gasteiger partial charge in [-0.15, -0.1) is 5.11 Å². The number of non-ortho nitro benzene ring substituents is 1. The molecule has 39 heavy (non-hydrogen) atoms. The van der Waals surface area contributed by atoms with Crippen LogP contribution in [0.1, 0.15) is 19.8 Å². The van der Waals surface area contributed by atoms with Crippen LogP contribution in [0, 0.1) is 10.1 Å². The van der Waals surface area contributed by atoms with Gasteiger partial charge in [-0.05, 0) is 56.8 Å². The summed E-state index contributed by atoms with van der Waals surface area (Å²) in [5.41, 5.74) is 1.76. The van der Waals surface area contributed by atoms with Crippen molar-refractivity contribution >= 4 is 40.3 Å². The van der Waals surface area contributed by atoms with Crippen LogP contribution >= 0.6 is 11.6 Å². The van der Waals surface area contributed by atoms with E-state index in [9.17, 15) is 14.9 Å². The Morgan fingerprint density at radius 1 is 1.05 bits per heavy atom. The highest BCUT2D eigenvalue weighted by atomic mass is 35.5. The van der Waals surface area contributed by atoms with Crippen molar-refractivity contribution in [3.63, 3.8) is 0 Å². The molecule has 0 unspecified atom stereocenters. The minimum atomic E-state index is -0.525. The molecule has 0 saturated carbocycles. The molecule has 2 aromatic rings. The van der Waals surface area contributed by atoms with E-state index in [4.69, 9.17) is 26.6 Å². The third-order valence-electron chi connectivity index (χ3n) is 5.80. The molecule has 13 heteroatoms. The fourth-order valence-corrected chi connectivity index (χ4v) is 3.92. The molecular formula is C26H37ClN6O6. The van der Waals surface area contributed by atoms with Crippen LogP contribution in [0.3, 0.4) is 0 Å². The molecular weight excluding hydrogens is 528 g/mol. The monoisotopic (exact) mass is 564 g/mol. The van der Waals surface area contributed by atoms with Gasteiger partial charge in [0.25, 0.3) is 5.69 Å². The highest BCUT2D eigenvalue weighted by Gasteiger charge is 2.10. The second-order valence-electron chi connectivity index (χ2n) is 8.55. The van der Waals surface area contributed by atoms with E-state index in [1.807, 2.05) is 24.0 Å². The third-order valence-corrected chi connectivity index (χ3v) is 6.11. The summed E-state index contributed by atoms with van der Waals surface area (Å²) in [6.07, 6.45) is 1.13. The molecule has 0 radical (unpaired) electrons. The summed E-state index contributed by atoms with van der Waals surface area (Å²) < 4.78 is 5.38. The Balaban J connectivity index is 1.70. The molecule has 0 heterocycles. The predicted molar refractivity (Wildman–Crippen MR) is 150 cm³/mol. The normalized spacial score (nSPS) is 11.3. The number of rotatable bonds is 19. The molecule has 0 aliphatic heterocycles. The van der Waals surface area contributed by atoms with Gasteiger partial charge in [0.15, 0.2) is 0 Å². The lowest BCUT2D eigenvalue weighted by Gasteiger charge is -2.23. The van der Waals surface area contributed by atoms with Crippen LogP contribution in [0.15, 0.2) is 52.7 Å². The summed E-state index contributed by atoms with van der Waals surface area (Å²) in [6.45, 7) is 6.78. The van der Waals surface area contributed by atoms with E-state index in [2.05, 4.69) is 20.4 Å². The van der Waals surface area contributed by atoms with Crippen LogP contribution < -0.4 is 10.2 Å². The minimum absolute atomic E-state index is 0.0634. The molecule has 0 aromatic heterocycles. The lowest BCUT2D eigenvalue weighted by molar-refractivity contribution is -0.384. The van der Waals surface area contributed by atoms with Gasteiger partial charge < -0.3 is 25.2 Å². The lowest BCUT2D eigenvalue weighted by Crippen LogP contribution is -2.33. The van der Waals surface area contributed by atoms with Crippen LogP contribution in [0.4, 0.5) is 22.7 Å². The maximum atomic E-state index is 12.1. The molecule has 214 valence electrons. The Bertz CT molecular complexity index is 1050. The number of aliphatic hydroxyl groups excluding tert-OH is 2. The number of aliphatic hydroxyl groups is 2. The first-order valence-corrected chi connectivity index (χ1v) is 13.3. The Labute approximate surface area is 233 Å². The summed E-state index contributed by atoms with van der Waals surface area (Å²) in [7, 11) is 0. The fraction of sp³-hybridized carbons (Fsp3) is 0.500. The van der Waals surface area contributed by atoms with Crippen molar-refractivity contribution in [2.75, 3.05) is 70.5 Å². The van der Waals surface area contributed by atoms with Crippen molar-refractivity contribution in [1.82, 2.24) is 10.2 Å². The fourth-order valence-electron chi connectivity index (χ4n) is 3.71. The zero-order valence-electron chi connectivity index (χ0n) is 22.2. The first-order valence-electron chi connectivity index (χ1n) is 12.9. The molecule has 0 fully saturated rings. The SMILES string of the molecule is CCN(CCOC(=O)CCNCCCN(CCO)CCO)c1ccc(/N=N/c2ccc([N+](=O)[O-])cc2Cl)cc1. The topological polar surface area (TPSA) is 153 Å². The smallest absolute Gasteiger partial charge is 0.307 e. The molecule has 2 rings (SSSR count). The standard InChI is InChI=1S/C26H37ClN6O6/c1-2-32(16-19-39-26(36)10-12-28-11-3-13-31(14-17-34)15-18-35)22-6-4-21(5-7-22)29-30-25-9-8-23(33(37)38)20-24(25)27/h4-9,20,28,34-35H,2-3,10-19H2,1H3/b30-29+. The number of ether oxygens (including phenoxy) is 1. The number of azo groups is 1. The van der Waals surface area contributed by atoms with E-state index in [1.54, 1.807) is 12.1 Å². The first-order chi connectivity index (χ1) is 18.9. The molecule has 12 nitrogen and oxygen atoms in total. The van der Waals surface area contributed by atoms with Crippen LogP contribution in [0.25, 0.3) is 0 Å². The van der Waals surface area contributed by atoms with Crippen molar-refractivity contribution in [3.05, 3.63) is 57.6 Å². The maximum absolute atomic E-state index is 12.1. The van der Waals surface area contributed by atoms with Gasteiger partial charge in [-0.2, -0.15) is 5.11 Å². The van der Waals surface area contributed by atoms with E-state index in [-0.39, 0.29) is 42.9 Å². The number of nitro benzene ring substituents is 1. The zero-order valence-corrected chi connectivity index (χ0v) is 22.9. The Kier molecular flexibility index (Phi) is 14.9. The number of anilines is 1. The Morgan fingerprint density at radius 3 is 2.38 bits per heavy atom. The van der Waals surface area contributed by atoms with Crippen LogP contribution in [0.5, 0.6) is 0 Å². The van der Waals surface area contributed by atoms with Gasteiger partial charge in [0.05, 0.1) is 41.8 Å². The summed E-state index contributed by atoms with van der Waals surface area (Å²) >= 11 is 6.05. The van der Waals surface area contributed by atoms with Crippen molar-refractivity contribution in [3.8, 4) is 0 Å². The number of nitrogens with one attached hydrogen (secondary N) is 1. The number of halogens is 1. The molecule has 0 bridgehead atoms. The predicted octanol–water partition coefficient (Wildman–Crippen LogP) is 3.69. The minimum Gasteiger partial charge on any atom is -0.464 e. The highest BCUT2D eigenvalue weighted by Crippen LogP contribution is 2.30. The molecule has 0 saturated heterocycles. The van der Waals surface area contributed by atoms with Crippen molar-refractivity contribution in [1.29, 1.82) is 0 Å². The molecule has 3 N–H and O–H groups in total. The second-order valence-corrected chi connectivity index (χ2v) is 8.96. The number of benzene rings is 2. The molecule has 0 amide bonds. The number of carbonyl (C=O) groups is 1. The van der Waals surface area contributed by atoms with Crippen molar-refractivity contribution in [2.24, 2.45) is 10.2 Å². The Hall–Kier alpha value is -3.16. The van der Waals surface area contributed by atoms with Gasteiger partial charge in [-0.1, -0.05) is 11.6 Å². The number of likely N-dealkylation sites (N-methyl/N-ethyl adjacent to an activating group) is 1. The summed E-state index contributed by atoms with van der Waals surface area (Å²) in [5, 5.41) is 40.5. The van der Waals surface area contributed by atoms with Gasteiger partial charge >= 0.3 is 5.97 Å². The van der Waals surface area contributed by atoms with Crippen LogP contribution in [0.2, 0.25) is 5.02 Å². The molecule has 0 atom stereocenters. The third kappa shape index (κ3) is 12.1. The van der Waals surface area contributed by atoms with E-state index >= 15 is 0 Å². The molecule has 0 spiro atoms. The number of carbonyl (C=O) groups excluding carboxylic acids is 1. The lowest BCUT2D eigenvalue weighted by atomic mass is 10.2.